The normalized spacial score (nSPS) is 11.0. The molecule has 0 spiro atoms. The Balaban J connectivity index is 2.55. The second-order valence-electron chi connectivity index (χ2n) is 4.38. The van der Waals surface area contributed by atoms with Gasteiger partial charge in [0, 0.05) is 33.7 Å². The van der Waals surface area contributed by atoms with Gasteiger partial charge in [-0.3, -0.25) is 4.98 Å². The van der Waals surface area contributed by atoms with Crippen molar-refractivity contribution >= 4 is 27.5 Å². The summed E-state index contributed by atoms with van der Waals surface area (Å²) < 4.78 is 0.894. The third kappa shape index (κ3) is 2.70. The smallest absolute Gasteiger partial charge is 0.162 e. The Morgan fingerprint density at radius 1 is 1.22 bits per heavy atom. The maximum absolute atomic E-state index is 6.24. The Morgan fingerprint density at radius 3 is 2.50 bits per heavy atom. The SMILES string of the molecule is Cc1nc(-c2cncc(Br)c2)nc(Cl)c1C(C)C. The zero-order valence-electron chi connectivity index (χ0n) is 10.4. The van der Waals surface area contributed by atoms with E-state index in [0.29, 0.717) is 16.9 Å². The highest BCUT2D eigenvalue weighted by atomic mass is 79.9. The van der Waals surface area contributed by atoms with Crippen LogP contribution in [0.3, 0.4) is 0 Å². The second-order valence-corrected chi connectivity index (χ2v) is 5.66. The molecule has 0 radical (unpaired) electrons. The molecule has 2 aromatic rings. The van der Waals surface area contributed by atoms with Gasteiger partial charge in [0.15, 0.2) is 5.82 Å². The summed E-state index contributed by atoms with van der Waals surface area (Å²) in [5, 5.41) is 0.521. The fourth-order valence-corrected chi connectivity index (χ4v) is 2.67. The summed E-state index contributed by atoms with van der Waals surface area (Å²) in [4.78, 5) is 13.0. The van der Waals surface area contributed by atoms with Crippen LogP contribution in [0.25, 0.3) is 11.4 Å². The number of nitrogens with zero attached hydrogens (tertiary/aromatic N) is 3. The van der Waals surface area contributed by atoms with E-state index in [1.165, 1.54) is 0 Å². The highest BCUT2D eigenvalue weighted by molar-refractivity contribution is 9.10. The molecule has 2 aromatic heterocycles. The van der Waals surface area contributed by atoms with E-state index in [9.17, 15) is 0 Å². The molecule has 0 atom stereocenters. The first-order valence-electron chi connectivity index (χ1n) is 5.64. The van der Waals surface area contributed by atoms with E-state index in [0.717, 1.165) is 21.3 Å². The summed E-state index contributed by atoms with van der Waals surface area (Å²) >= 11 is 9.62. The van der Waals surface area contributed by atoms with Crippen LogP contribution in [0.5, 0.6) is 0 Å². The molecule has 2 heterocycles. The summed E-state index contributed by atoms with van der Waals surface area (Å²) in [7, 11) is 0. The molecule has 0 saturated heterocycles. The van der Waals surface area contributed by atoms with Crippen LogP contribution in [0.15, 0.2) is 22.9 Å². The molecule has 0 fully saturated rings. The maximum atomic E-state index is 6.24. The molecule has 0 aliphatic rings. The van der Waals surface area contributed by atoms with Gasteiger partial charge in [-0.2, -0.15) is 0 Å². The van der Waals surface area contributed by atoms with E-state index < -0.39 is 0 Å². The van der Waals surface area contributed by atoms with Crippen molar-refractivity contribution in [3.63, 3.8) is 0 Å². The molecule has 0 aromatic carbocycles. The van der Waals surface area contributed by atoms with E-state index >= 15 is 0 Å². The topological polar surface area (TPSA) is 38.7 Å². The number of pyridine rings is 1. The Labute approximate surface area is 120 Å². The van der Waals surface area contributed by atoms with Crippen LogP contribution in [-0.4, -0.2) is 15.0 Å². The van der Waals surface area contributed by atoms with Crippen LogP contribution < -0.4 is 0 Å². The van der Waals surface area contributed by atoms with E-state index in [1.807, 2.05) is 13.0 Å². The lowest BCUT2D eigenvalue weighted by atomic mass is 10.0. The van der Waals surface area contributed by atoms with E-state index in [4.69, 9.17) is 11.6 Å². The summed E-state index contributed by atoms with van der Waals surface area (Å²) in [5.74, 6) is 0.919. The van der Waals surface area contributed by atoms with Crippen LogP contribution in [0, 0.1) is 6.92 Å². The Hall–Kier alpha value is -1.00. The van der Waals surface area contributed by atoms with Gasteiger partial charge in [-0.25, -0.2) is 9.97 Å². The third-order valence-electron chi connectivity index (χ3n) is 2.63. The van der Waals surface area contributed by atoms with Crippen LogP contribution in [0.1, 0.15) is 31.0 Å². The van der Waals surface area contributed by atoms with E-state index in [-0.39, 0.29) is 0 Å². The van der Waals surface area contributed by atoms with Gasteiger partial charge < -0.3 is 0 Å². The van der Waals surface area contributed by atoms with Crippen molar-refractivity contribution in [3.8, 4) is 11.4 Å². The van der Waals surface area contributed by atoms with Gasteiger partial charge in [0.1, 0.15) is 5.15 Å². The monoisotopic (exact) mass is 325 g/mol. The summed E-state index contributed by atoms with van der Waals surface area (Å²) in [6.07, 6.45) is 3.45. The zero-order valence-corrected chi connectivity index (χ0v) is 12.7. The molecule has 0 N–H and O–H groups in total. The van der Waals surface area contributed by atoms with Gasteiger partial charge in [-0.15, -0.1) is 0 Å². The van der Waals surface area contributed by atoms with Crippen LogP contribution in [0.4, 0.5) is 0 Å². The quantitative estimate of drug-likeness (QED) is 0.768. The zero-order chi connectivity index (χ0) is 13.3. The van der Waals surface area contributed by atoms with Crippen molar-refractivity contribution in [2.24, 2.45) is 0 Å². The molecular weight excluding hydrogens is 314 g/mol. The number of halogens is 2. The summed E-state index contributed by atoms with van der Waals surface area (Å²) in [6.45, 7) is 6.12. The van der Waals surface area contributed by atoms with Gasteiger partial charge in [0.25, 0.3) is 0 Å². The number of aromatic nitrogens is 3. The second kappa shape index (κ2) is 5.33. The number of hydrogen-bond donors (Lipinski definition) is 0. The fraction of sp³-hybridized carbons (Fsp3) is 0.308. The highest BCUT2D eigenvalue weighted by Gasteiger charge is 2.14. The Kier molecular flexibility index (Phi) is 3.97. The molecule has 0 amide bonds. The van der Waals surface area contributed by atoms with E-state index in [2.05, 4.69) is 44.7 Å². The van der Waals surface area contributed by atoms with Gasteiger partial charge in [0.2, 0.25) is 0 Å². The fourth-order valence-electron chi connectivity index (χ4n) is 1.87. The van der Waals surface area contributed by atoms with Crippen molar-refractivity contribution in [2.45, 2.75) is 26.7 Å². The minimum atomic E-state index is 0.312. The lowest BCUT2D eigenvalue weighted by Gasteiger charge is -2.12. The van der Waals surface area contributed by atoms with Crippen LogP contribution in [-0.2, 0) is 0 Å². The lowest BCUT2D eigenvalue weighted by Crippen LogP contribution is -2.02. The van der Waals surface area contributed by atoms with Crippen molar-refractivity contribution < 1.29 is 0 Å². The number of hydrogen-bond acceptors (Lipinski definition) is 3. The van der Waals surface area contributed by atoms with Crippen molar-refractivity contribution in [1.29, 1.82) is 0 Å². The molecule has 0 aliphatic carbocycles. The summed E-state index contributed by atoms with van der Waals surface area (Å²) in [6, 6.07) is 1.92. The minimum Gasteiger partial charge on any atom is -0.263 e. The standard InChI is InChI=1S/C13H13BrClN3/c1-7(2)11-8(3)17-13(18-12(11)15)9-4-10(14)6-16-5-9/h4-7H,1-3H3. The molecule has 0 saturated carbocycles. The molecular formula is C13H13BrClN3. The van der Waals surface area contributed by atoms with Crippen LogP contribution >= 0.6 is 27.5 Å². The first-order valence-corrected chi connectivity index (χ1v) is 6.81. The van der Waals surface area contributed by atoms with Gasteiger partial charge in [0.05, 0.1) is 0 Å². The number of rotatable bonds is 2. The molecule has 2 rings (SSSR count). The average Bonchev–Trinajstić information content (AvgIpc) is 2.27. The van der Waals surface area contributed by atoms with Gasteiger partial charge in [-0.1, -0.05) is 25.4 Å². The molecule has 0 aliphatic heterocycles. The highest BCUT2D eigenvalue weighted by Crippen LogP contribution is 2.28. The predicted molar refractivity (Wildman–Crippen MR) is 76.8 cm³/mol. The van der Waals surface area contributed by atoms with Crippen molar-refractivity contribution in [2.75, 3.05) is 0 Å². The first-order chi connectivity index (χ1) is 8.49. The van der Waals surface area contributed by atoms with Gasteiger partial charge in [-0.05, 0) is 34.8 Å². The average molecular weight is 327 g/mol. The minimum absolute atomic E-state index is 0.312. The Morgan fingerprint density at radius 2 is 1.94 bits per heavy atom. The maximum Gasteiger partial charge on any atom is 0.162 e. The largest absolute Gasteiger partial charge is 0.263 e. The molecule has 0 bridgehead atoms. The Bertz CT molecular complexity index is 561. The van der Waals surface area contributed by atoms with E-state index in [1.54, 1.807) is 12.4 Å². The molecule has 3 nitrogen and oxygen atoms in total. The number of aryl methyl sites for hydroxylation is 1. The van der Waals surface area contributed by atoms with Crippen LogP contribution in [0.2, 0.25) is 5.15 Å². The first kappa shape index (κ1) is 13.4. The third-order valence-corrected chi connectivity index (χ3v) is 3.35. The lowest BCUT2D eigenvalue weighted by molar-refractivity contribution is 0.831. The summed E-state index contributed by atoms with van der Waals surface area (Å²) in [5.41, 5.74) is 2.77. The van der Waals surface area contributed by atoms with Crippen molar-refractivity contribution in [1.82, 2.24) is 15.0 Å². The molecule has 5 heteroatoms. The molecule has 0 unspecified atom stereocenters. The predicted octanol–water partition coefficient (Wildman–Crippen LogP) is 4.39. The van der Waals surface area contributed by atoms with Gasteiger partial charge >= 0.3 is 0 Å². The van der Waals surface area contributed by atoms with Crippen molar-refractivity contribution in [3.05, 3.63) is 39.3 Å². The molecule has 94 valence electrons. The molecule has 18 heavy (non-hydrogen) atoms.